The summed E-state index contributed by atoms with van der Waals surface area (Å²) in [5.41, 5.74) is 0.185. The summed E-state index contributed by atoms with van der Waals surface area (Å²) in [6, 6.07) is 22.0. The number of benzene rings is 2. The van der Waals surface area contributed by atoms with E-state index in [1.165, 1.54) is 40.4 Å². The summed E-state index contributed by atoms with van der Waals surface area (Å²) >= 11 is 2.70. The van der Waals surface area contributed by atoms with Gasteiger partial charge in [-0.3, -0.25) is 4.79 Å². The normalized spacial score (nSPS) is 17.2. The Balaban J connectivity index is 0.888. The SMILES string of the molecule is CN(CCOc1ccc(CCCC[C@H](O)c2ccc(O)c3[nH]c(=O)ccc23)cc1)C1CCC(OC(=O)C(O)(c2cccs2)c2cccs2)CC1. The number of phenolic OH excluding ortho intramolecular Hbond substituents is 1. The van der Waals surface area contributed by atoms with Gasteiger partial charge in [0.15, 0.2) is 0 Å². The number of aromatic nitrogens is 1. The van der Waals surface area contributed by atoms with Crippen LogP contribution in [0.2, 0.25) is 0 Å². The van der Waals surface area contributed by atoms with E-state index in [4.69, 9.17) is 9.47 Å². The average Bonchev–Trinajstić information content (AvgIpc) is 3.87. The largest absolute Gasteiger partial charge is 0.506 e. The van der Waals surface area contributed by atoms with Crippen molar-refractivity contribution in [3.63, 3.8) is 0 Å². The highest BCUT2D eigenvalue weighted by atomic mass is 32.1. The Morgan fingerprint density at radius 3 is 2.32 bits per heavy atom. The zero-order chi connectivity index (χ0) is 35.1. The standard InChI is InChI=1S/C39H44N2O7S2/c1-41(27-12-16-29(17-13-27)48-38(45)39(46,34-8-4-24-49-34)35-9-5-25-50-35)22-23-47-28-14-10-26(11-15-28)6-2-3-7-32(42)30-18-20-33(43)37-31(30)19-21-36(44)40-37/h4-5,8-11,14-15,18-21,24-25,27,29,32,42-43,46H,2-3,6-7,12-13,16-17,22-23H2,1H3,(H,40,44)/t27?,29?,32-/m0/s1. The van der Waals surface area contributed by atoms with Crippen molar-refractivity contribution in [2.75, 3.05) is 20.2 Å². The zero-order valence-corrected chi connectivity index (χ0v) is 29.8. The third-order valence-electron chi connectivity index (χ3n) is 9.69. The molecular formula is C39H44N2O7S2. The van der Waals surface area contributed by atoms with Crippen LogP contribution in [0.4, 0.5) is 0 Å². The number of likely N-dealkylation sites (N-methyl/N-ethyl adjacent to an activating group) is 1. The third kappa shape index (κ3) is 8.30. The van der Waals surface area contributed by atoms with E-state index in [2.05, 4.69) is 29.1 Å². The van der Waals surface area contributed by atoms with E-state index >= 15 is 0 Å². The number of ether oxygens (including phenoxy) is 2. The van der Waals surface area contributed by atoms with Crippen LogP contribution in [0, 0.1) is 0 Å². The highest BCUT2D eigenvalue weighted by Crippen LogP contribution is 2.38. The Labute approximate surface area is 299 Å². The van der Waals surface area contributed by atoms with Crippen molar-refractivity contribution in [2.24, 2.45) is 0 Å². The second kappa shape index (κ2) is 16.3. The molecule has 0 radical (unpaired) electrons. The van der Waals surface area contributed by atoms with Gasteiger partial charge in [0.1, 0.15) is 24.2 Å². The van der Waals surface area contributed by atoms with Gasteiger partial charge < -0.3 is 34.7 Å². The summed E-state index contributed by atoms with van der Waals surface area (Å²) < 4.78 is 12.0. The molecular weight excluding hydrogens is 673 g/mol. The number of hydrogen-bond donors (Lipinski definition) is 4. The summed E-state index contributed by atoms with van der Waals surface area (Å²) in [7, 11) is 2.11. The molecule has 0 unspecified atom stereocenters. The van der Waals surface area contributed by atoms with Crippen molar-refractivity contribution in [3.8, 4) is 11.5 Å². The Bertz CT molecular complexity index is 1850. The first kappa shape index (κ1) is 35.8. The molecule has 264 valence electrons. The van der Waals surface area contributed by atoms with Crippen molar-refractivity contribution in [1.82, 2.24) is 9.88 Å². The number of aliphatic hydroxyl groups is 2. The number of fused-ring (bicyclic) bond motifs is 1. The first-order valence-electron chi connectivity index (χ1n) is 17.2. The number of esters is 1. The van der Waals surface area contributed by atoms with Crippen LogP contribution in [0.3, 0.4) is 0 Å². The summed E-state index contributed by atoms with van der Waals surface area (Å²) in [5.74, 6) is 0.218. The molecule has 1 aliphatic rings. The highest BCUT2D eigenvalue weighted by molar-refractivity contribution is 7.12. The second-order valence-electron chi connectivity index (χ2n) is 13.0. The number of nitrogens with one attached hydrogen (secondary N) is 1. The number of aryl methyl sites for hydroxylation is 1. The van der Waals surface area contributed by atoms with Crippen LogP contribution < -0.4 is 10.3 Å². The number of rotatable bonds is 15. The molecule has 0 saturated heterocycles. The summed E-state index contributed by atoms with van der Waals surface area (Å²) in [6.45, 7) is 1.35. The number of pyridine rings is 1. The van der Waals surface area contributed by atoms with E-state index < -0.39 is 17.7 Å². The molecule has 0 bridgehead atoms. The highest BCUT2D eigenvalue weighted by Gasteiger charge is 2.45. The molecule has 2 aromatic carbocycles. The van der Waals surface area contributed by atoms with Crippen LogP contribution in [0.5, 0.6) is 11.5 Å². The lowest BCUT2D eigenvalue weighted by atomic mass is 9.91. The molecule has 0 spiro atoms. The van der Waals surface area contributed by atoms with Crippen LogP contribution >= 0.6 is 22.7 Å². The molecule has 5 aromatic rings. The number of aliphatic hydroxyl groups excluding tert-OH is 1. The van der Waals surface area contributed by atoms with Gasteiger partial charge >= 0.3 is 5.97 Å². The van der Waals surface area contributed by atoms with Gasteiger partial charge in [0, 0.05) is 24.0 Å². The minimum Gasteiger partial charge on any atom is -0.506 e. The fourth-order valence-electron chi connectivity index (χ4n) is 6.75. The molecule has 4 N–H and O–H groups in total. The number of aromatic amines is 1. The predicted molar refractivity (Wildman–Crippen MR) is 197 cm³/mol. The van der Waals surface area contributed by atoms with Crippen molar-refractivity contribution >= 4 is 39.5 Å². The maximum absolute atomic E-state index is 13.3. The number of aromatic hydroxyl groups is 1. The number of carbonyl (C=O) groups excluding carboxylic acids is 1. The van der Waals surface area contributed by atoms with Crippen molar-refractivity contribution in [1.29, 1.82) is 0 Å². The van der Waals surface area contributed by atoms with Gasteiger partial charge in [-0.25, -0.2) is 4.79 Å². The van der Waals surface area contributed by atoms with Gasteiger partial charge in [-0.15, -0.1) is 22.7 Å². The van der Waals surface area contributed by atoms with Gasteiger partial charge in [0.2, 0.25) is 11.2 Å². The Morgan fingerprint density at radius 2 is 1.66 bits per heavy atom. The monoisotopic (exact) mass is 716 g/mol. The van der Waals surface area contributed by atoms with Crippen LogP contribution in [-0.2, 0) is 21.6 Å². The molecule has 0 aliphatic heterocycles. The zero-order valence-electron chi connectivity index (χ0n) is 28.1. The second-order valence-corrected chi connectivity index (χ2v) is 14.9. The van der Waals surface area contributed by atoms with Crippen molar-refractivity contribution in [3.05, 3.63) is 115 Å². The number of phenols is 1. The molecule has 1 aliphatic carbocycles. The minimum absolute atomic E-state index is 0.0108. The lowest BCUT2D eigenvalue weighted by molar-refractivity contribution is -0.169. The van der Waals surface area contributed by atoms with Gasteiger partial charge in [-0.1, -0.05) is 36.8 Å². The smallest absolute Gasteiger partial charge is 0.349 e. The number of thiophene rings is 2. The molecule has 1 atom stereocenters. The van der Waals surface area contributed by atoms with E-state index in [1.54, 1.807) is 24.3 Å². The summed E-state index contributed by atoms with van der Waals surface area (Å²) in [4.78, 5) is 31.1. The van der Waals surface area contributed by atoms with Crippen molar-refractivity contribution < 1.29 is 29.6 Å². The molecule has 0 amide bonds. The van der Waals surface area contributed by atoms with Gasteiger partial charge in [-0.2, -0.15) is 0 Å². The van der Waals surface area contributed by atoms with Gasteiger partial charge in [-0.05, 0) is 110 Å². The van der Waals surface area contributed by atoms with Gasteiger partial charge in [0.05, 0.1) is 21.4 Å². The van der Waals surface area contributed by atoms with Crippen LogP contribution in [0.15, 0.2) is 88.4 Å². The minimum atomic E-state index is -1.77. The molecule has 3 heterocycles. The molecule has 3 aromatic heterocycles. The molecule has 6 rings (SSSR count). The summed E-state index contributed by atoms with van der Waals surface area (Å²) in [6.07, 6.45) is 5.62. The molecule has 11 heteroatoms. The number of hydrogen-bond acceptors (Lipinski definition) is 10. The van der Waals surface area contributed by atoms with Crippen LogP contribution in [0.1, 0.15) is 71.9 Å². The maximum Gasteiger partial charge on any atom is 0.349 e. The molecule has 9 nitrogen and oxygen atoms in total. The lowest BCUT2D eigenvalue weighted by Crippen LogP contribution is -2.42. The maximum atomic E-state index is 13.3. The van der Waals surface area contributed by atoms with Crippen molar-refractivity contribution in [2.45, 2.75) is 75.2 Å². The van der Waals surface area contributed by atoms with E-state index in [0.717, 1.165) is 57.2 Å². The Hall–Kier alpha value is -4.00. The fourth-order valence-corrected chi connectivity index (χ4v) is 8.46. The average molecular weight is 717 g/mol. The first-order chi connectivity index (χ1) is 24.2. The summed E-state index contributed by atoms with van der Waals surface area (Å²) in [5, 5.41) is 36.8. The van der Waals surface area contributed by atoms with Crippen LogP contribution in [0.25, 0.3) is 10.9 Å². The Kier molecular flexibility index (Phi) is 11.7. The van der Waals surface area contributed by atoms with E-state index in [1.807, 2.05) is 35.0 Å². The van der Waals surface area contributed by atoms with Gasteiger partial charge in [0.25, 0.3) is 0 Å². The molecule has 50 heavy (non-hydrogen) atoms. The number of nitrogens with zero attached hydrogens (tertiary/aromatic N) is 1. The van der Waals surface area contributed by atoms with E-state index in [-0.39, 0.29) is 17.4 Å². The third-order valence-corrected chi connectivity index (χ3v) is 11.6. The number of H-pyrrole nitrogens is 1. The number of unbranched alkanes of at least 4 members (excludes halogenated alkanes) is 1. The quantitative estimate of drug-likeness (QED) is 0.0680. The first-order valence-corrected chi connectivity index (χ1v) is 18.9. The molecule has 1 fully saturated rings. The van der Waals surface area contributed by atoms with Crippen LogP contribution in [-0.4, -0.2) is 63.5 Å². The Morgan fingerprint density at radius 1 is 0.960 bits per heavy atom. The molecule has 1 saturated carbocycles. The van der Waals surface area contributed by atoms with E-state index in [0.29, 0.717) is 45.3 Å². The topological polar surface area (TPSA) is 132 Å². The predicted octanol–water partition coefficient (Wildman–Crippen LogP) is 6.90. The fraction of sp³-hybridized carbons (Fsp3) is 0.385. The number of carbonyl (C=O) groups is 1. The van der Waals surface area contributed by atoms with E-state index in [9.17, 15) is 24.9 Å². The lowest BCUT2D eigenvalue weighted by Gasteiger charge is -2.35.